The number of rotatable bonds is 2. The SMILES string of the molecule is CCC1CN(C2CN(C)C2)CCN1. The molecule has 0 saturated carbocycles. The topological polar surface area (TPSA) is 18.5 Å². The lowest BCUT2D eigenvalue weighted by Crippen LogP contribution is -2.63. The van der Waals surface area contributed by atoms with Gasteiger partial charge in [-0.05, 0) is 13.5 Å². The molecule has 13 heavy (non-hydrogen) atoms. The van der Waals surface area contributed by atoms with E-state index in [0.717, 1.165) is 12.1 Å². The molecule has 3 nitrogen and oxygen atoms in total. The third kappa shape index (κ3) is 2.03. The van der Waals surface area contributed by atoms with Crippen molar-refractivity contribution in [2.75, 3.05) is 39.8 Å². The molecule has 0 aliphatic carbocycles. The predicted molar refractivity (Wildman–Crippen MR) is 54.9 cm³/mol. The summed E-state index contributed by atoms with van der Waals surface area (Å²) >= 11 is 0. The van der Waals surface area contributed by atoms with Crippen LogP contribution in [0.25, 0.3) is 0 Å². The first-order chi connectivity index (χ1) is 6.29. The summed E-state index contributed by atoms with van der Waals surface area (Å²) in [6.45, 7) is 8.50. The Kier molecular flexibility index (Phi) is 2.86. The minimum absolute atomic E-state index is 0.736. The molecular weight excluding hydrogens is 162 g/mol. The van der Waals surface area contributed by atoms with E-state index >= 15 is 0 Å². The van der Waals surface area contributed by atoms with Crippen molar-refractivity contribution in [1.29, 1.82) is 0 Å². The van der Waals surface area contributed by atoms with Crippen LogP contribution in [0.1, 0.15) is 13.3 Å². The first kappa shape index (κ1) is 9.44. The number of piperazine rings is 1. The van der Waals surface area contributed by atoms with Crippen LogP contribution in [0.5, 0.6) is 0 Å². The van der Waals surface area contributed by atoms with Crippen molar-refractivity contribution >= 4 is 0 Å². The molecule has 0 aromatic rings. The highest BCUT2D eigenvalue weighted by molar-refractivity contribution is 4.90. The Hall–Kier alpha value is -0.120. The molecular formula is C10H21N3. The summed E-state index contributed by atoms with van der Waals surface area (Å²) in [5, 5.41) is 3.56. The van der Waals surface area contributed by atoms with Gasteiger partial charge in [-0.1, -0.05) is 6.92 Å². The Labute approximate surface area is 81.1 Å². The van der Waals surface area contributed by atoms with Gasteiger partial charge in [-0.2, -0.15) is 0 Å². The van der Waals surface area contributed by atoms with Gasteiger partial charge in [0.2, 0.25) is 0 Å². The standard InChI is InChI=1S/C10H21N3/c1-3-9-6-13(5-4-11-9)10-7-12(2)8-10/h9-11H,3-8H2,1-2H3. The quantitative estimate of drug-likeness (QED) is 0.649. The summed E-state index contributed by atoms with van der Waals surface area (Å²) in [6, 6.07) is 1.58. The van der Waals surface area contributed by atoms with Crippen molar-refractivity contribution in [3.05, 3.63) is 0 Å². The Bertz CT molecular complexity index is 166. The molecule has 1 N–H and O–H groups in total. The lowest BCUT2D eigenvalue weighted by Gasteiger charge is -2.46. The van der Waals surface area contributed by atoms with Crippen LogP contribution >= 0.6 is 0 Å². The molecule has 0 bridgehead atoms. The van der Waals surface area contributed by atoms with Gasteiger partial charge < -0.3 is 10.2 Å². The average Bonchev–Trinajstić information content (AvgIpc) is 2.13. The second kappa shape index (κ2) is 3.95. The van der Waals surface area contributed by atoms with E-state index in [9.17, 15) is 0 Å². The van der Waals surface area contributed by atoms with Crippen molar-refractivity contribution in [3.63, 3.8) is 0 Å². The number of nitrogens with one attached hydrogen (secondary N) is 1. The van der Waals surface area contributed by atoms with Gasteiger partial charge in [-0.15, -0.1) is 0 Å². The summed E-state index contributed by atoms with van der Waals surface area (Å²) in [5.74, 6) is 0. The maximum absolute atomic E-state index is 3.56. The van der Waals surface area contributed by atoms with E-state index < -0.39 is 0 Å². The van der Waals surface area contributed by atoms with Gasteiger partial charge in [0, 0.05) is 44.8 Å². The summed E-state index contributed by atoms with van der Waals surface area (Å²) in [4.78, 5) is 5.05. The largest absolute Gasteiger partial charge is 0.311 e. The Morgan fingerprint density at radius 3 is 2.69 bits per heavy atom. The molecule has 0 aromatic heterocycles. The van der Waals surface area contributed by atoms with Gasteiger partial charge in [0.15, 0.2) is 0 Å². The first-order valence-corrected chi connectivity index (χ1v) is 5.45. The van der Waals surface area contributed by atoms with Crippen molar-refractivity contribution < 1.29 is 0 Å². The highest BCUT2D eigenvalue weighted by Gasteiger charge is 2.31. The molecule has 2 saturated heterocycles. The van der Waals surface area contributed by atoms with Crippen LogP contribution in [0.4, 0.5) is 0 Å². The van der Waals surface area contributed by atoms with Crippen LogP contribution in [0, 0.1) is 0 Å². The fourth-order valence-electron chi connectivity index (χ4n) is 2.35. The van der Waals surface area contributed by atoms with Crippen LogP contribution < -0.4 is 5.32 Å². The second-order valence-electron chi connectivity index (χ2n) is 4.43. The van der Waals surface area contributed by atoms with Crippen molar-refractivity contribution in [1.82, 2.24) is 15.1 Å². The molecule has 1 atom stereocenters. The Morgan fingerprint density at radius 2 is 2.08 bits per heavy atom. The van der Waals surface area contributed by atoms with Crippen LogP contribution in [0.2, 0.25) is 0 Å². The van der Waals surface area contributed by atoms with Gasteiger partial charge in [0.25, 0.3) is 0 Å². The molecule has 0 radical (unpaired) electrons. The number of hydrogen-bond donors (Lipinski definition) is 1. The highest BCUT2D eigenvalue weighted by Crippen LogP contribution is 2.15. The van der Waals surface area contributed by atoms with Gasteiger partial charge >= 0.3 is 0 Å². The van der Waals surface area contributed by atoms with Crippen LogP contribution in [-0.4, -0.2) is 61.7 Å². The molecule has 2 heterocycles. The zero-order valence-corrected chi connectivity index (χ0v) is 8.79. The maximum Gasteiger partial charge on any atom is 0.0351 e. The van der Waals surface area contributed by atoms with Gasteiger partial charge in [-0.25, -0.2) is 0 Å². The van der Waals surface area contributed by atoms with E-state index in [1.807, 2.05) is 0 Å². The fourth-order valence-corrected chi connectivity index (χ4v) is 2.35. The summed E-state index contributed by atoms with van der Waals surface area (Å²) in [6.07, 6.45) is 1.26. The molecule has 2 fully saturated rings. The lowest BCUT2D eigenvalue weighted by molar-refractivity contribution is 0.0330. The first-order valence-electron chi connectivity index (χ1n) is 5.45. The van der Waals surface area contributed by atoms with E-state index in [0.29, 0.717) is 0 Å². The van der Waals surface area contributed by atoms with Crippen LogP contribution in [0.3, 0.4) is 0 Å². The third-order valence-electron chi connectivity index (χ3n) is 3.34. The van der Waals surface area contributed by atoms with Crippen LogP contribution in [-0.2, 0) is 0 Å². The predicted octanol–water partition coefficient (Wildman–Crippen LogP) is -0.0158. The second-order valence-corrected chi connectivity index (χ2v) is 4.43. The minimum Gasteiger partial charge on any atom is -0.311 e. The third-order valence-corrected chi connectivity index (χ3v) is 3.34. The van der Waals surface area contributed by atoms with Gasteiger partial charge in [-0.3, -0.25) is 4.90 Å². The Balaban J connectivity index is 1.79. The van der Waals surface area contributed by atoms with E-state index in [1.165, 1.54) is 39.1 Å². The number of likely N-dealkylation sites (tertiary alicyclic amines) is 1. The maximum atomic E-state index is 3.56. The smallest absolute Gasteiger partial charge is 0.0351 e. The fraction of sp³-hybridized carbons (Fsp3) is 1.00. The molecule has 0 spiro atoms. The van der Waals surface area contributed by atoms with Gasteiger partial charge in [0.05, 0.1) is 0 Å². The van der Waals surface area contributed by atoms with E-state index in [4.69, 9.17) is 0 Å². The van der Waals surface area contributed by atoms with Crippen molar-refractivity contribution in [2.45, 2.75) is 25.4 Å². The zero-order chi connectivity index (χ0) is 9.26. The van der Waals surface area contributed by atoms with E-state index in [1.54, 1.807) is 0 Å². The van der Waals surface area contributed by atoms with E-state index in [-0.39, 0.29) is 0 Å². The van der Waals surface area contributed by atoms with Crippen molar-refractivity contribution in [3.8, 4) is 0 Å². The highest BCUT2D eigenvalue weighted by atomic mass is 15.3. The molecule has 1 unspecified atom stereocenters. The monoisotopic (exact) mass is 183 g/mol. The molecule has 0 aromatic carbocycles. The molecule has 2 aliphatic rings. The number of hydrogen-bond acceptors (Lipinski definition) is 3. The zero-order valence-electron chi connectivity index (χ0n) is 8.79. The van der Waals surface area contributed by atoms with Crippen LogP contribution in [0.15, 0.2) is 0 Å². The van der Waals surface area contributed by atoms with E-state index in [2.05, 4.69) is 29.1 Å². The Morgan fingerprint density at radius 1 is 1.31 bits per heavy atom. The molecule has 76 valence electrons. The summed E-state index contributed by atoms with van der Waals surface area (Å²) in [7, 11) is 2.20. The summed E-state index contributed by atoms with van der Waals surface area (Å²) in [5.41, 5.74) is 0. The minimum atomic E-state index is 0.736. The lowest BCUT2D eigenvalue weighted by atomic mass is 10.0. The molecule has 2 rings (SSSR count). The number of nitrogens with zero attached hydrogens (tertiary/aromatic N) is 2. The average molecular weight is 183 g/mol. The molecule has 3 heteroatoms. The molecule has 0 amide bonds. The summed E-state index contributed by atoms with van der Waals surface area (Å²) < 4.78 is 0. The van der Waals surface area contributed by atoms with Gasteiger partial charge in [0.1, 0.15) is 0 Å². The van der Waals surface area contributed by atoms with Crippen molar-refractivity contribution in [2.24, 2.45) is 0 Å². The molecule has 2 aliphatic heterocycles. The normalized spacial score (nSPS) is 33.2. The number of likely N-dealkylation sites (N-methyl/N-ethyl adjacent to an activating group) is 1.